The van der Waals surface area contributed by atoms with Crippen molar-refractivity contribution in [3.8, 4) is 5.75 Å². The average Bonchev–Trinajstić information content (AvgIpc) is 3.61. The molecule has 3 aromatic heterocycles. The van der Waals surface area contributed by atoms with Crippen LogP contribution in [0.4, 0.5) is 17.1 Å². The molecule has 12 nitrogen and oxygen atoms in total. The highest BCUT2D eigenvalue weighted by atomic mass is 32.2. The van der Waals surface area contributed by atoms with Gasteiger partial charge in [-0.15, -0.1) is 22.7 Å². The van der Waals surface area contributed by atoms with E-state index >= 15 is 0 Å². The Balaban J connectivity index is 1.06. The van der Waals surface area contributed by atoms with Gasteiger partial charge in [-0.3, -0.25) is 29.1 Å². The third-order valence-corrected chi connectivity index (χ3v) is 11.5. The minimum absolute atomic E-state index is 0.000246. The first-order valence-corrected chi connectivity index (χ1v) is 17.4. The number of carbonyl (C=O) groups excluding carboxylic acids is 2. The normalized spacial score (nSPS) is 12.7. The zero-order valence-electron chi connectivity index (χ0n) is 24.1. The standard InChI is InChI=1S/C29H26N6O6S4/c1-34-27(38)25-17-5-3-4-6-21(17)44-26(25)33-28(34)42-13-23(36)30-15-7-9-19-22(11-15)45-29(32-19)43-14-24(37)31-18-10-8-16(41-2)12-20(18)35(39)40/h7-12H,3-6,13-14H2,1-2H3,(H,30,36)(H,31,37). The average molecular weight is 683 g/mol. The summed E-state index contributed by atoms with van der Waals surface area (Å²) in [4.78, 5) is 60.6. The molecule has 3 heterocycles. The van der Waals surface area contributed by atoms with Gasteiger partial charge in [0.25, 0.3) is 11.2 Å². The van der Waals surface area contributed by atoms with Crippen LogP contribution < -0.4 is 20.9 Å². The SMILES string of the molecule is COc1ccc(NC(=O)CSc2nc3ccc(NC(=O)CSc4nc5sc6c(c5c(=O)n4C)CCCC6)cc3s2)c([N+](=O)[O-])c1. The molecule has 0 radical (unpaired) electrons. The second-order valence-electron chi connectivity index (χ2n) is 10.1. The highest BCUT2D eigenvalue weighted by molar-refractivity contribution is 8.01. The van der Waals surface area contributed by atoms with E-state index in [0.29, 0.717) is 26.4 Å². The van der Waals surface area contributed by atoms with Crippen molar-refractivity contribution < 1.29 is 19.2 Å². The van der Waals surface area contributed by atoms with Crippen LogP contribution in [0.25, 0.3) is 20.4 Å². The Hall–Kier alpha value is -3.99. The monoisotopic (exact) mass is 682 g/mol. The number of thioether (sulfide) groups is 2. The van der Waals surface area contributed by atoms with Crippen molar-refractivity contribution in [2.75, 3.05) is 29.2 Å². The number of thiophene rings is 1. The van der Waals surface area contributed by atoms with Crippen molar-refractivity contribution in [2.45, 2.75) is 35.2 Å². The first kappa shape index (κ1) is 31.0. The van der Waals surface area contributed by atoms with E-state index in [1.807, 2.05) is 6.07 Å². The van der Waals surface area contributed by atoms with Crippen LogP contribution in [0.5, 0.6) is 5.75 Å². The summed E-state index contributed by atoms with van der Waals surface area (Å²) < 4.78 is 8.02. The highest BCUT2D eigenvalue weighted by Crippen LogP contribution is 2.35. The summed E-state index contributed by atoms with van der Waals surface area (Å²) in [6, 6.07) is 9.57. The van der Waals surface area contributed by atoms with Gasteiger partial charge >= 0.3 is 0 Å². The fourth-order valence-electron chi connectivity index (χ4n) is 4.98. The number of thiazole rings is 1. The number of nitrogens with one attached hydrogen (secondary N) is 2. The van der Waals surface area contributed by atoms with Crippen molar-refractivity contribution in [3.63, 3.8) is 0 Å². The molecule has 0 saturated heterocycles. The predicted molar refractivity (Wildman–Crippen MR) is 179 cm³/mol. The predicted octanol–water partition coefficient (Wildman–Crippen LogP) is 5.86. The van der Waals surface area contributed by atoms with Gasteiger partial charge in [-0.1, -0.05) is 23.5 Å². The Morgan fingerprint density at radius 3 is 2.62 bits per heavy atom. The number of amides is 2. The van der Waals surface area contributed by atoms with Crippen molar-refractivity contribution in [1.82, 2.24) is 14.5 Å². The number of benzene rings is 2. The van der Waals surface area contributed by atoms with Gasteiger partial charge in [0.05, 0.1) is 45.2 Å². The lowest BCUT2D eigenvalue weighted by atomic mass is 9.97. The molecule has 5 aromatic rings. The molecule has 2 amide bonds. The van der Waals surface area contributed by atoms with Crippen molar-refractivity contribution >= 4 is 95.5 Å². The Kier molecular flexibility index (Phi) is 9.07. The quantitative estimate of drug-likeness (QED) is 0.0791. The first-order valence-electron chi connectivity index (χ1n) is 13.8. The maximum Gasteiger partial charge on any atom is 0.296 e. The number of fused-ring (bicyclic) bond motifs is 4. The van der Waals surface area contributed by atoms with E-state index in [2.05, 4.69) is 15.6 Å². The summed E-state index contributed by atoms with van der Waals surface area (Å²) in [5, 5.41) is 18.1. The minimum Gasteiger partial charge on any atom is -0.496 e. The van der Waals surface area contributed by atoms with Crippen molar-refractivity contribution in [1.29, 1.82) is 0 Å². The molecule has 0 atom stereocenters. The topological polar surface area (TPSA) is 158 Å². The van der Waals surface area contributed by atoms with Gasteiger partial charge in [0.1, 0.15) is 16.3 Å². The van der Waals surface area contributed by atoms with Crippen molar-refractivity contribution in [2.24, 2.45) is 7.05 Å². The number of nitrogens with zero attached hydrogens (tertiary/aromatic N) is 4. The van der Waals surface area contributed by atoms with Gasteiger partial charge < -0.3 is 15.4 Å². The zero-order chi connectivity index (χ0) is 31.7. The number of rotatable bonds is 10. The van der Waals surface area contributed by atoms with Gasteiger partial charge in [-0.2, -0.15) is 0 Å². The van der Waals surface area contributed by atoms with Crippen LogP contribution in [-0.4, -0.2) is 49.9 Å². The van der Waals surface area contributed by atoms with Gasteiger partial charge in [-0.05, 0) is 61.6 Å². The number of hydrogen-bond donors (Lipinski definition) is 2. The maximum absolute atomic E-state index is 13.1. The number of nitro benzene ring substituents is 1. The molecule has 0 saturated carbocycles. The fraction of sp³-hybridized carbons (Fsp3) is 0.276. The van der Waals surface area contributed by atoms with E-state index in [0.717, 1.165) is 46.2 Å². The summed E-state index contributed by atoms with van der Waals surface area (Å²) in [5.41, 5.74) is 2.21. The van der Waals surface area contributed by atoms with Crippen LogP contribution in [-0.2, 0) is 29.5 Å². The smallest absolute Gasteiger partial charge is 0.296 e. The Bertz CT molecular complexity index is 2040. The second kappa shape index (κ2) is 13.2. The van der Waals surface area contributed by atoms with Crippen molar-refractivity contribution in [3.05, 3.63) is 67.3 Å². The molecule has 0 spiro atoms. The Labute approximate surface area is 272 Å². The number of hydrogen-bond acceptors (Lipinski definition) is 12. The molecular weight excluding hydrogens is 657 g/mol. The highest BCUT2D eigenvalue weighted by Gasteiger charge is 2.22. The molecule has 2 N–H and O–H groups in total. The second-order valence-corrected chi connectivity index (χ2v) is 14.4. The Morgan fingerprint density at radius 2 is 1.82 bits per heavy atom. The summed E-state index contributed by atoms with van der Waals surface area (Å²) in [7, 11) is 3.10. The van der Waals surface area contributed by atoms with Crippen LogP contribution in [0.2, 0.25) is 0 Å². The van der Waals surface area contributed by atoms with Crippen LogP contribution >= 0.6 is 46.2 Å². The summed E-state index contributed by atoms with van der Waals surface area (Å²) >= 11 is 5.39. The molecule has 0 unspecified atom stereocenters. The van der Waals surface area contributed by atoms with Gasteiger partial charge in [0.2, 0.25) is 11.8 Å². The minimum atomic E-state index is -0.581. The number of methoxy groups -OCH3 is 1. The maximum atomic E-state index is 13.1. The molecule has 45 heavy (non-hydrogen) atoms. The number of nitro groups is 1. The number of anilines is 2. The summed E-state index contributed by atoms with van der Waals surface area (Å²) in [6.07, 6.45) is 4.12. The van der Waals surface area contributed by atoms with Crippen LogP contribution in [0.1, 0.15) is 23.3 Å². The van der Waals surface area contributed by atoms with E-state index in [1.165, 1.54) is 69.6 Å². The number of aromatic nitrogens is 3. The first-order chi connectivity index (χ1) is 21.7. The lowest BCUT2D eigenvalue weighted by molar-refractivity contribution is -0.384. The Morgan fingerprint density at radius 1 is 1.04 bits per heavy atom. The van der Waals surface area contributed by atoms with E-state index in [-0.39, 0.29) is 34.3 Å². The number of aryl methyl sites for hydroxylation is 2. The number of carbonyl (C=O) groups is 2. The molecule has 2 aromatic carbocycles. The van der Waals surface area contributed by atoms with E-state index in [1.54, 1.807) is 30.5 Å². The summed E-state index contributed by atoms with van der Waals surface area (Å²) in [5.74, 6) is -0.249. The fourth-order valence-corrected chi connectivity index (χ4v) is 8.96. The molecule has 0 bridgehead atoms. The van der Waals surface area contributed by atoms with E-state index in [9.17, 15) is 24.5 Å². The molecule has 0 aliphatic heterocycles. The molecule has 0 fully saturated rings. The van der Waals surface area contributed by atoms with Gasteiger partial charge in [0, 0.05) is 17.6 Å². The molecular formula is C29H26N6O6S4. The van der Waals surface area contributed by atoms with Gasteiger partial charge in [0.15, 0.2) is 9.50 Å². The molecule has 1 aliphatic carbocycles. The van der Waals surface area contributed by atoms with Crippen LogP contribution in [0.3, 0.4) is 0 Å². The largest absolute Gasteiger partial charge is 0.496 e. The molecule has 232 valence electrons. The molecule has 1 aliphatic rings. The lowest BCUT2D eigenvalue weighted by Gasteiger charge is -2.11. The van der Waals surface area contributed by atoms with Crippen LogP contribution in [0, 0.1) is 10.1 Å². The summed E-state index contributed by atoms with van der Waals surface area (Å²) in [6.45, 7) is 0. The third-order valence-electron chi connectivity index (χ3n) is 7.14. The number of ether oxygens (including phenoxy) is 1. The zero-order valence-corrected chi connectivity index (χ0v) is 27.3. The molecule has 16 heteroatoms. The van der Waals surface area contributed by atoms with E-state index < -0.39 is 10.8 Å². The van der Waals surface area contributed by atoms with Crippen LogP contribution in [0.15, 0.2) is 50.7 Å². The third kappa shape index (κ3) is 6.68. The van der Waals surface area contributed by atoms with Gasteiger partial charge in [-0.25, -0.2) is 9.97 Å². The lowest BCUT2D eigenvalue weighted by Crippen LogP contribution is -2.21. The van der Waals surface area contributed by atoms with E-state index in [4.69, 9.17) is 9.72 Å². The molecule has 6 rings (SSSR count).